The van der Waals surface area contributed by atoms with Crippen LogP contribution >= 0.6 is 0 Å². The van der Waals surface area contributed by atoms with Crippen molar-refractivity contribution in [2.45, 2.75) is 56.6 Å². The monoisotopic (exact) mass is 611 g/mol. The van der Waals surface area contributed by atoms with E-state index in [1.165, 1.54) is 18.3 Å². The predicted octanol–water partition coefficient (Wildman–Crippen LogP) is 4.69. The summed E-state index contributed by atoms with van der Waals surface area (Å²) in [6.07, 6.45) is 5.73. The molecule has 3 aliphatic rings. The largest absolute Gasteiger partial charge is 0.440 e. The van der Waals surface area contributed by atoms with Crippen LogP contribution in [0.1, 0.15) is 50.2 Å². The Bertz CT molecular complexity index is 1620. The highest BCUT2D eigenvalue weighted by Crippen LogP contribution is 2.45. The van der Waals surface area contributed by atoms with Gasteiger partial charge in [0, 0.05) is 48.4 Å². The Hall–Kier alpha value is -4.05. The number of nitrogens with one attached hydrogen (secondary N) is 1. The van der Waals surface area contributed by atoms with E-state index in [0.717, 1.165) is 24.1 Å². The van der Waals surface area contributed by atoms with Crippen LogP contribution < -0.4 is 15.0 Å². The second kappa shape index (κ2) is 11.6. The summed E-state index contributed by atoms with van der Waals surface area (Å²) in [6.45, 7) is -2.16. The highest BCUT2D eigenvalue weighted by Gasteiger charge is 2.47. The summed E-state index contributed by atoms with van der Waals surface area (Å²) < 4.78 is 59.8. The fourth-order valence-corrected chi connectivity index (χ4v) is 7.06. The number of ether oxygens (including phenoxy) is 1. The van der Waals surface area contributed by atoms with Gasteiger partial charge in [-0.15, -0.1) is 0 Å². The molecule has 3 aromatic rings. The molecule has 6 rings (SSSR count). The van der Waals surface area contributed by atoms with E-state index in [1.807, 2.05) is 29.2 Å². The number of anilines is 1. The fourth-order valence-electron chi connectivity index (χ4n) is 5.86. The highest BCUT2D eigenvalue weighted by molar-refractivity contribution is 7.91. The molecule has 1 aliphatic heterocycles. The lowest BCUT2D eigenvalue weighted by molar-refractivity contribution is -0.127. The normalized spacial score (nSPS) is 22.5. The first-order chi connectivity index (χ1) is 20.7. The molecule has 2 aromatic heterocycles. The van der Waals surface area contributed by atoms with E-state index < -0.39 is 27.9 Å². The molecule has 1 amide bonds. The maximum atomic E-state index is 13.5. The lowest BCUT2D eigenvalue weighted by atomic mass is 9.76. The number of hydrogen-bond donors (Lipinski definition) is 1. The predicted molar refractivity (Wildman–Crippen MR) is 153 cm³/mol. The molecule has 43 heavy (non-hydrogen) atoms. The Balaban J connectivity index is 1.34. The molecule has 2 saturated carbocycles. The molecular weight excluding hydrogens is 580 g/mol. The van der Waals surface area contributed by atoms with E-state index in [0.29, 0.717) is 55.8 Å². The molecule has 0 bridgehead atoms. The van der Waals surface area contributed by atoms with Gasteiger partial charge in [-0.2, -0.15) is 14.0 Å². The van der Waals surface area contributed by atoms with Crippen molar-refractivity contribution in [2.24, 2.45) is 5.92 Å². The van der Waals surface area contributed by atoms with E-state index >= 15 is 0 Å². The van der Waals surface area contributed by atoms with Crippen molar-refractivity contribution >= 4 is 21.4 Å². The first-order valence-corrected chi connectivity index (χ1v) is 16.2. The van der Waals surface area contributed by atoms with Gasteiger partial charge in [0.2, 0.25) is 17.7 Å². The van der Waals surface area contributed by atoms with Crippen molar-refractivity contribution in [2.75, 3.05) is 29.5 Å². The number of carbonyl (C=O) groups is 1. The van der Waals surface area contributed by atoms with Crippen LogP contribution in [0.4, 0.5) is 14.5 Å². The molecule has 2 aliphatic carbocycles. The quantitative estimate of drug-likeness (QED) is 0.385. The standard InChI is InChI=1S/C30H31F2N5O5S/c31-29(32)41-24-10-7-20(17-34-24)28-35-25(19-5-8-21(9-6-19)37-13-15-43(39,40)16-14-37)26(42-28)22-3-1-2-4-23(22)27(38)36-30(18-33)11-12-30/h5-10,17,22-23,29H,1-4,11-16H2,(H,36,38). The first-order valence-electron chi connectivity index (χ1n) is 14.4. The summed E-state index contributed by atoms with van der Waals surface area (Å²) in [4.78, 5) is 24.2. The number of nitriles is 1. The SMILES string of the molecule is N#CC1(NC(=O)C2CCCCC2c2oc(-c3ccc(OC(F)F)nc3)nc2-c2ccc(N3CCS(=O)(=O)CC3)cc2)CC1. The van der Waals surface area contributed by atoms with E-state index in [-0.39, 0.29) is 35.1 Å². The number of pyridine rings is 1. The number of halogens is 2. The van der Waals surface area contributed by atoms with Gasteiger partial charge in [-0.05, 0) is 43.9 Å². The average Bonchev–Trinajstić information content (AvgIpc) is 3.64. The van der Waals surface area contributed by atoms with Gasteiger partial charge in [0.25, 0.3) is 0 Å². The van der Waals surface area contributed by atoms with Crippen LogP contribution in [0, 0.1) is 17.2 Å². The van der Waals surface area contributed by atoms with Crippen molar-refractivity contribution in [3.63, 3.8) is 0 Å². The molecule has 3 fully saturated rings. The van der Waals surface area contributed by atoms with Crippen molar-refractivity contribution in [3.05, 3.63) is 48.4 Å². The first kappa shape index (κ1) is 29.0. The molecule has 1 aromatic carbocycles. The topological polar surface area (TPSA) is 138 Å². The van der Waals surface area contributed by atoms with E-state index in [4.69, 9.17) is 9.40 Å². The van der Waals surface area contributed by atoms with Crippen LogP contribution in [0.2, 0.25) is 0 Å². The minimum Gasteiger partial charge on any atom is -0.440 e. The number of carbonyl (C=O) groups excluding carboxylic acids is 1. The summed E-state index contributed by atoms with van der Waals surface area (Å²) in [5.41, 5.74) is 1.87. The van der Waals surface area contributed by atoms with Gasteiger partial charge in [0.05, 0.1) is 23.1 Å². The van der Waals surface area contributed by atoms with Gasteiger partial charge >= 0.3 is 6.61 Å². The number of alkyl halides is 2. The summed E-state index contributed by atoms with van der Waals surface area (Å²) >= 11 is 0. The van der Waals surface area contributed by atoms with Gasteiger partial charge in [0.1, 0.15) is 17.0 Å². The van der Waals surface area contributed by atoms with Gasteiger partial charge in [-0.3, -0.25) is 4.79 Å². The number of benzene rings is 1. The molecule has 13 heteroatoms. The lowest BCUT2D eigenvalue weighted by Gasteiger charge is -2.30. The van der Waals surface area contributed by atoms with Gasteiger partial charge < -0.3 is 19.4 Å². The molecule has 2 unspecified atom stereocenters. The van der Waals surface area contributed by atoms with E-state index in [9.17, 15) is 27.3 Å². The van der Waals surface area contributed by atoms with Crippen LogP contribution in [-0.4, -0.2) is 61.0 Å². The number of amides is 1. The molecule has 226 valence electrons. The minimum atomic E-state index is -3.01. The molecule has 1 N–H and O–H groups in total. The van der Waals surface area contributed by atoms with Crippen molar-refractivity contribution in [1.82, 2.24) is 15.3 Å². The Kier molecular flexibility index (Phi) is 7.81. The zero-order valence-corrected chi connectivity index (χ0v) is 24.2. The number of sulfone groups is 1. The smallest absolute Gasteiger partial charge is 0.388 e. The number of aromatic nitrogens is 2. The van der Waals surface area contributed by atoms with Crippen molar-refractivity contribution in [3.8, 4) is 34.7 Å². The summed E-state index contributed by atoms with van der Waals surface area (Å²) in [5.74, 6) is -0.110. The second-order valence-electron chi connectivity index (χ2n) is 11.4. The van der Waals surface area contributed by atoms with Gasteiger partial charge in [-0.1, -0.05) is 25.0 Å². The van der Waals surface area contributed by atoms with Gasteiger partial charge in [0.15, 0.2) is 9.84 Å². The average molecular weight is 612 g/mol. The number of hydrogen-bond acceptors (Lipinski definition) is 9. The third-order valence-corrected chi connectivity index (χ3v) is 10.1. The van der Waals surface area contributed by atoms with Crippen LogP contribution in [0.15, 0.2) is 47.0 Å². The second-order valence-corrected chi connectivity index (χ2v) is 13.7. The minimum absolute atomic E-state index is 0.110. The van der Waals surface area contributed by atoms with Gasteiger partial charge in [-0.25, -0.2) is 18.4 Å². The molecule has 10 nitrogen and oxygen atoms in total. The van der Waals surface area contributed by atoms with Crippen LogP contribution in [0.25, 0.3) is 22.7 Å². The Labute approximate surface area is 248 Å². The van der Waals surface area contributed by atoms with E-state index in [2.05, 4.69) is 21.1 Å². The molecule has 2 atom stereocenters. The zero-order chi connectivity index (χ0) is 30.2. The number of nitrogens with zero attached hydrogens (tertiary/aromatic N) is 4. The Morgan fingerprint density at radius 3 is 2.42 bits per heavy atom. The summed E-state index contributed by atoms with van der Waals surface area (Å²) in [6, 6.07) is 12.7. The number of oxazole rings is 1. The Morgan fingerprint density at radius 1 is 1.09 bits per heavy atom. The molecular formula is C30H31F2N5O5S. The molecule has 0 radical (unpaired) electrons. The third kappa shape index (κ3) is 6.34. The van der Waals surface area contributed by atoms with Crippen LogP contribution in [0.5, 0.6) is 5.88 Å². The molecule has 0 spiro atoms. The lowest BCUT2D eigenvalue weighted by Crippen LogP contribution is -2.42. The molecule has 1 saturated heterocycles. The fraction of sp³-hybridized carbons (Fsp3) is 0.467. The molecule has 3 heterocycles. The van der Waals surface area contributed by atoms with Crippen LogP contribution in [-0.2, 0) is 14.6 Å². The van der Waals surface area contributed by atoms with Crippen LogP contribution in [0.3, 0.4) is 0 Å². The summed E-state index contributed by atoms with van der Waals surface area (Å²) in [5, 5.41) is 12.5. The Morgan fingerprint density at radius 2 is 1.79 bits per heavy atom. The van der Waals surface area contributed by atoms with Crippen molar-refractivity contribution in [1.29, 1.82) is 5.26 Å². The maximum Gasteiger partial charge on any atom is 0.388 e. The summed E-state index contributed by atoms with van der Waals surface area (Å²) in [7, 11) is -3.01. The highest BCUT2D eigenvalue weighted by atomic mass is 32.2. The number of rotatable bonds is 8. The van der Waals surface area contributed by atoms with Crippen molar-refractivity contribution < 1.29 is 31.1 Å². The van der Waals surface area contributed by atoms with E-state index in [1.54, 1.807) is 0 Å². The maximum absolute atomic E-state index is 13.5. The zero-order valence-electron chi connectivity index (χ0n) is 23.3. The third-order valence-electron chi connectivity index (χ3n) is 8.46.